The van der Waals surface area contributed by atoms with E-state index in [1.165, 1.54) is 7.11 Å². The normalized spacial score (nSPS) is 10.6. The van der Waals surface area contributed by atoms with Gasteiger partial charge in [-0.3, -0.25) is 9.59 Å². The van der Waals surface area contributed by atoms with Gasteiger partial charge < -0.3 is 23.7 Å². The van der Waals surface area contributed by atoms with Crippen LogP contribution in [0.3, 0.4) is 0 Å². The average molecular weight is 451 g/mol. The Hall–Kier alpha value is -3.58. The number of carbonyl (C=O) groups is 2. The molecule has 0 saturated carbocycles. The van der Waals surface area contributed by atoms with Gasteiger partial charge in [0.1, 0.15) is 18.1 Å². The molecule has 2 aromatic carbocycles. The van der Waals surface area contributed by atoms with Gasteiger partial charge in [-0.1, -0.05) is 42.5 Å². The molecular formula is C26H30N2O5. The number of hydrogen-bond acceptors (Lipinski definition) is 5. The maximum Gasteiger partial charge on any atom is 0.258 e. The SMILES string of the molecule is COCCCN(CC(=O)N(Cc1ccccc1)Cc1ccco1)C(=O)c1ccccc1OC. The zero-order valence-corrected chi connectivity index (χ0v) is 19.1. The van der Waals surface area contributed by atoms with E-state index in [1.54, 1.807) is 53.5 Å². The van der Waals surface area contributed by atoms with Crippen LogP contribution >= 0.6 is 0 Å². The van der Waals surface area contributed by atoms with E-state index in [2.05, 4.69) is 0 Å². The van der Waals surface area contributed by atoms with Crippen molar-refractivity contribution in [3.8, 4) is 5.75 Å². The minimum Gasteiger partial charge on any atom is -0.496 e. The molecule has 2 amide bonds. The summed E-state index contributed by atoms with van der Waals surface area (Å²) < 4.78 is 16.0. The van der Waals surface area contributed by atoms with E-state index in [9.17, 15) is 9.59 Å². The van der Waals surface area contributed by atoms with Crippen LogP contribution in [0.1, 0.15) is 28.1 Å². The number of furan rings is 1. The van der Waals surface area contributed by atoms with E-state index in [0.717, 1.165) is 5.56 Å². The zero-order valence-electron chi connectivity index (χ0n) is 19.1. The molecule has 7 nitrogen and oxygen atoms in total. The van der Waals surface area contributed by atoms with E-state index in [4.69, 9.17) is 13.9 Å². The Morgan fingerprint density at radius 2 is 1.64 bits per heavy atom. The number of para-hydroxylation sites is 1. The molecule has 0 spiro atoms. The third kappa shape index (κ3) is 6.95. The minimum absolute atomic E-state index is 0.0614. The average Bonchev–Trinajstić information content (AvgIpc) is 3.36. The van der Waals surface area contributed by atoms with Crippen LogP contribution in [0.4, 0.5) is 0 Å². The molecular weight excluding hydrogens is 420 g/mol. The van der Waals surface area contributed by atoms with Gasteiger partial charge in [0, 0.05) is 26.8 Å². The fourth-order valence-electron chi connectivity index (χ4n) is 3.53. The molecule has 3 aromatic rings. The van der Waals surface area contributed by atoms with Crippen LogP contribution in [0.2, 0.25) is 0 Å². The predicted molar refractivity (Wildman–Crippen MR) is 125 cm³/mol. The summed E-state index contributed by atoms with van der Waals surface area (Å²) in [4.78, 5) is 30.1. The van der Waals surface area contributed by atoms with Gasteiger partial charge in [-0.15, -0.1) is 0 Å². The molecule has 174 valence electrons. The molecule has 7 heteroatoms. The molecule has 0 bridgehead atoms. The zero-order chi connectivity index (χ0) is 23.5. The fourth-order valence-corrected chi connectivity index (χ4v) is 3.53. The number of hydrogen-bond donors (Lipinski definition) is 0. The van der Waals surface area contributed by atoms with E-state index >= 15 is 0 Å². The van der Waals surface area contributed by atoms with Crippen LogP contribution in [0.15, 0.2) is 77.4 Å². The van der Waals surface area contributed by atoms with Crippen molar-refractivity contribution in [1.29, 1.82) is 0 Å². The molecule has 0 aliphatic heterocycles. The Morgan fingerprint density at radius 3 is 2.33 bits per heavy atom. The quantitative estimate of drug-likeness (QED) is 0.390. The second-order valence-corrected chi connectivity index (χ2v) is 7.59. The van der Waals surface area contributed by atoms with Crippen molar-refractivity contribution in [2.75, 3.05) is 33.9 Å². The van der Waals surface area contributed by atoms with Gasteiger partial charge in [0.2, 0.25) is 5.91 Å². The van der Waals surface area contributed by atoms with Gasteiger partial charge in [-0.05, 0) is 36.2 Å². The highest BCUT2D eigenvalue weighted by Gasteiger charge is 2.25. The first-order valence-corrected chi connectivity index (χ1v) is 10.9. The van der Waals surface area contributed by atoms with Crippen molar-refractivity contribution < 1.29 is 23.5 Å². The Bertz CT molecular complexity index is 1000. The van der Waals surface area contributed by atoms with Gasteiger partial charge in [-0.25, -0.2) is 0 Å². The summed E-state index contributed by atoms with van der Waals surface area (Å²) in [5, 5.41) is 0. The third-order valence-corrected chi connectivity index (χ3v) is 5.22. The van der Waals surface area contributed by atoms with Crippen molar-refractivity contribution >= 4 is 11.8 Å². The Kier molecular flexibility index (Phi) is 9.08. The molecule has 0 unspecified atom stereocenters. The van der Waals surface area contributed by atoms with Crippen LogP contribution < -0.4 is 4.74 Å². The van der Waals surface area contributed by atoms with Gasteiger partial charge in [0.05, 0.1) is 25.5 Å². The fraction of sp³-hybridized carbons (Fsp3) is 0.308. The first-order chi connectivity index (χ1) is 16.1. The van der Waals surface area contributed by atoms with Crippen LogP contribution in [-0.4, -0.2) is 55.5 Å². The lowest BCUT2D eigenvalue weighted by Crippen LogP contribution is -2.43. The molecule has 3 rings (SSSR count). The van der Waals surface area contributed by atoms with E-state index in [-0.39, 0.29) is 18.4 Å². The highest BCUT2D eigenvalue weighted by Crippen LogP contribution is 2.20. The summed E-state index contributed by atoms with van der Waals surface area (Å²) in [5.74, 6) is 0.732. The highest BCUT2D eigenvalue weighted by molar-refractivity contribution is 5.98. The van der Waals surface area contributed by atoms with E-state index in [1.807, 2.05) is 36.4 Å². The van der Waals surface area contributed by atoms with Crippen LogP contribution in [0, 0.1) is 0 Å². The first kappa shape index (κ1) is 24.1. The number of amides is 2. The molecule has 0 aliphatic rings. The maximum atomic E-state index is 13.4. The molecule has 1 heterocycles. The monoisotopic (exact) mass is 450 g/mol. The van der Waals surface area contributed by atoms with Gasteiger partial charge in [0.25, 0.3) is 5.91 Å². The van der Waals surface area contributed by atoms with Crippen LogP contribution in [0.25, 0.3) is 0 Å². The second kappa shape index (κ2) is 12.5. The van der Waals surface area contributed by atoms with Gasteiger partial charge >= 0.3 is 0 Å². The molecule has 33 heavy (non-hydrogen) atoms. The number of benzene rings is 2. The topological polar surface area (TPSA) is 72.2 Å². The van der Waals surface area contributed by atoms with Crippen molar-refractivity contribution in [3.63, 3.8) is 0 Å². The molecule has 0 radical (unpaired) electrons. The summed E-state index contributed by atoms with van der Waals surface area (Å²) in [6.07, 6.45) is 2.20. The Morgan fingerprint density at radius 1 is 0.879 bits per heavy atom. The summed E-state index contributed by atoms with van der Waals surface area (Å²) in [6, 6.07) is 20.4. The van der Waals surface area contributed by atoms with E-state index in [0.29, 0.717) is 49.7 Å². The standard InChI is InChI=1S/C26H30N2O5/c1-31-16-9-15-27(26(30)23-13-6-7-14-24(23)32-2)20-25(29)28(19-22-12-8-17-33-22)18-21-10-4-3-5-11-21/h3-8,10-14,17H,9,15-16,18-20H2,1-2H3. The Balaban J connectivity index is 1.81. The lowest BCUT2D eigenvalue weighted by Gasteiger charge is -2.28. The summed E-state index contributed by atoms with van der Waals surface area (Å²) in [5.41, 5.74) is 1.42. The number of nitrogens with zero attached hydrogens (tertiary/aromatic N) is 2. The molecule has 0 saturated heterocycles. The molecule has 1 aromatic heterocycles. The van der Waals surface area contributed by atoms with E-state index < -0.39 is 0 Å². The highest BCUT2D eigenvalue weighted by atomic mass is 16.5. The number of carbonyl (C=O) groups excluding carboxylic acids is 2. The first-order valence-electron chi connectivity index (χ1n) is 10.9. The largest absolute Gasteiger partial charge is 0.496 e. The smallest absolute Gasteiger partial charge is 0.258 e. The molecule has 0 aliphatic carbocycles. The van der Waals surface area contributed by atoms with Gasteiger partial charge in [-0.2, -0.15) is 0 Å². The van der Waals surface area contributed by atoms with Crippen molar-refractivity contribution in [2.24, 2.45) is 0 Å². The summed E-state index contributed by atoms with van der Waals surface area (Å²) >= 11 is 0. The van der Waals surface area contributed by atoms with Crippen LogP contribution in [0.5, 0.6) is 5.75 Å². The summed E-state index contributed by atoms with van der Waals surface area (Å²) in [6.45, 7) is 1.54. The van der Waals surface area contributed by atoms with Crippen LogP contribution in [-0.2, 0) is 22.6 Å². The lowest BCUT2D eigenvalue weighted by atomic mass is 10.1. The number of ether oxygens (including phenoxy) is 2. The van der Waals surface area contributed by atoms with Crippen molar-refractivity contribution in [2.45, 2.75) is 19.5 Å². The third-order valence-electron chi connectivity index (χ3n) is 5.22. The maximum absolute atomic E-state index is 13.4. The predicted octanol–water partition coefficient (Wildman–Crippen LogP) is 4.00. The lowest BCUT2D eigenvalue weighted by molar-refractivity contribution is -0.133. The second-order valence-electron chi connectivity index (χ2n) is 7.59. The molecule has 0 fully saturated rings. The number of rotatable bonds is 12. The minimum atomic E-state index is -0.255. The van der Waals surface area contributed by atoms with Gasteiger partial charge in [0.15, 0.2) is 0 Å². The van der Waals surface area contributed by atoms with Crippen molar-refractivity contribution in [1.82, 2.24) is 9.80 Å². The summed E-state index contributed by atoms with van der Waals surface area (Å²) in [7, 11) is 3.14. The molecule has 0 N–H and O–H groups in total. The van der Waals surface area contributed by atoms with Crippen molar-refractivity contribution in [3.05, 3.63) is 89.9 Å². The Labute approximate surface area is 194 Å². The number of methoxy groups -OCH3 is 2. The molecule has 0 atom stereocenters.